The minimum atomic E-state index is -4.15. The SMILES string of the molecule is O=C(O)/C=C/c1ccc(OC(F)(F)c2ccc(CCCCCC(F)(F)F)cc2)cc1. The fourth-order valence-electron chi connectivity index (χ4n) is 2.72. The molecule has 30 heavy (non-hydrogen) atoms. The van der Waals surface area contributed by atoms with Gasteiger partial charge in [-0.3, -0.25) is 0 Å². The fourth-order valence-corrected chi connectivity index (χ4v) is 2.72. The van der Waals surface area contributed by atoms with Gasteiger partial charge in [-0.25, -0.2) is 4.79 Å². The van der Waals surface area contributed by atoms with Gasteiger partial charge in [0.2, 0.25) is 0 Å². The van der Waals surface area contributed by atoms with Gasteiger partial charge in [0.25, 0.3) is 0 Å². The first-order chi connectivity index (χ1) is 14.0. The zero-order chi connectivity index (χ0) is 22.2. The summed E-state index contributed by atoms with van der Waals surface area (Å²) in [6.45, 7) is 0. The average Bonchev–Trinajstić information content (AvgIpc) is 2.66. The number of hydrogen-bond donors (Lipinski definition) is 1. The second-order valence-corrected chi connectivity index (χ2v) is 6.73. The van der Waals surface area contributed by atoms with E-state index in [1.165, 1.54) is 54.6 Å². The molecule has 0 aliphatic rings. The van der Waals surface area contributed by atoms with E-state index < -0.39 is 24.7 Å². The van der Waals surface area contributed by atoms with E-state index in [4.69, 9.17) is 9.84 Å². The Bertz CT molecular complexity index is 841. The number of ether oxygens (including phenoxy) is 1. The third-order valence-electron chi connectivity index (χ3n) is 4.26. The van der Waals surface area contributed by atoms with Gasteiger partial charge in [-0.05, 0) is 60.7 Å². The molecule has 2 rings (SSSR count). The summed E-state index contributed by atoms with van der Waals surface area (Å²) in [5.74, 6) is -1.20. The first-order valence-electron chi connectivity index (χ1n) is 9.29. The van der Waals surface area contributed by atoms with E-state index >= 15 is 0 Å². The number of alkyl halides is 5. The second kappa shape index (κ2) is 10.2. The minimum Gasteiger partial charge on any atom is -0.478 e. The van der Waals surface area contributed by atoms with Gasteiger partial charge in [-0.2, -0.15) is 22.0 Å². The molecule has 0 atom stereocenters. The van der Waals surface area contributed by atoms with Crippen LogP contribution in [0.1, 0.15) is 42.4 Å². The molecule has 0 aliphatic heterocycles. The molecule has 0 saturated carbocycles. The van der Waals surface area contributed by atoms with Crippen molar-refractivity contribution in [2.75, 3.05) is 0 Å². The lowest BCUT2D eigenvalue weighted by Crippen LogP contribution is -2.21. The number of halogens is 5. The molecule has 0 bridgehead atoms. The van der Waals surface area contributed by atoms with E-state index in [2.05, 4.69) is 0 Å². The number of carboxylic acid groups (broad SMARTS) is 1. The maximum absolute atomic E-state index is 14.4. The van der Waals surface area contributed by atoms with Gasteiger partial charge in [-0.15, -0.1) is 0 Å². The third-order valence-corrected chi connectivity index (χ3v) is 4.26. The van der Waals surface area contributed by atoms with Crippen molar-refractivity contribution < 1.29 is 36.6 Å². The van der Waals surface area contributed by atoms with Crippen molar-refractivity contribution in [2.24, 2.45) is 0 Å². The van der Waals surface area contributed by atoms with Crippen molar-refractivity contribution in [3.05, 3.63) is 71.3 Å². The number of hydrogen-bond acceptors (Lipinski definition) is 2. The highest BCUT2D eigenvalue weighted by molar-refractivity contribution is 5.85. The first-order valence-corrected chi connectivity index (χ1v) is 9.29. The standard InChI is InChI=1S/C22H21F5O3/c23-21(24,25)15-3-1-2-4-16-5-10-18(11-6-16)22(26,27)30-19-12-7-17(8-13-19)9-14-20(28)29/h5-14H,1-4,15H2,(H,28,29)/b14-9+. The van der Waals surface area contributed by atoms with Crippen LogP contribution in [0.2, 0.25) is 0 Å². The smallest absolute Gasteiger partial charge is 0.426 e. The van der Waals surface area contributed by atoms with Crippen LogP contribution in [0.3, 0.4) is 0 Å². The molecule has 0 amide bonds. The predicted molar refractivity (Wildman–Crippen MR) is 102 cm³/mol. The van der Waals surface area contributed by atoms with Gasteiger partial charge >= 0.3 is 18.3 Å². The van der Waals surface area contributed by atoms with Gasteiger partial charge in [-0.1, -0.05) is 30.7 Å². The van der Waals surface area contributed by atoms with E-state index in [9.17, 15) is 26.7 Å². The molecular formula is C22H21F5O3. The van der Waals surface area contributed by atoms with Crippen molar-refractivity contribution in [3.63, 3.8) is 0 Å². The van der Waals surface area contributed by atoms with Gasteiger partial charge in [0.15, 0.2) is 0 Å². The van der Waals surface area contributed by atoms with Crippen LogP contribution >= 0.6 is 0 Å². The van der Waals surface area contributed by atoms with Crippen LogP contribution < -0.4 is 4.74 Å². The summed E-state index contributed by atoms with van der Waals surface area (Å²) < 4.78 is 69.8. The molecule has 0 unspecified atom stereocenters. The Hall–Kier alpha value is -2.90. The highest BCUT2D eigenvalue weighted by Gasteiger charge is 2.34. The zero-order valence-corrected chi connectivity index (χ0v) is 16.0. The molecule has 0 aromatic heterocycles. The Morgan fingerprint density at radius 3 is 2.10 bits per heavy atom. The Kier molecular flexibility index (Phi) is 7.97. The van der Waals surface area contributed by atoms with E-state index in [1.54, 1.807) is 0 Å². The predicted octanol–water partition coefficient (Wildman–Crippen LogP) is 6.58. The lowest BCUT2D eigenvalue weighted by atomic mass is 10.0. The van der Waals surface area contributed by atoms with Crippen LogP contribution in [0.5, 0.6) is 5.75 Å². The molecule has 162 valence electrons. The van der Waals surface area contributed by atoms with Gasteiger partial charge in [0.05, 0.1) is 5.56 Å². The third kappa shape index (κ3) is 8.23. The lowest BCUT2D eigenvalue weighted by Gasteiger charge is -2.18. The normalized spacial score (nSPS) is 12.3. The molecule has 2 aromatic carbocycles. The maximum Gasteiger partial charge on any atom is 0.426 e. The van der Waals surface area contributed by atoms with Crippen molar-refractivity contribution in [2.45, 2.75) is 44.4 Å². The molecule has 0 heterocycles. The van der Waals surface area contributed by atoms with E-state index in [0.29, 0.717) is 24.8 Å². The van der Waals surface area contributed by atoms with Crippen molar-refractivity contribution in [3.8, 4) is 5.75 Å². The Labute approximate surface area is 170 Å². The van der Waals surface area contributed by atoms with Crippen molar-refractivity contribution in [1.29, 1.82) is 0 Å². The molecule has 0 aliphatic carbocycles. The molecule has 0 spiro atoms. The monoisotopic (exact) mass is 428 g/mol. The second-order valence-electron chi connectivity index (χ2n) is 6.73. The summed E-state index contributed by atoms with van der Waals surface area (Å²) in [5.41, 5.74) is 0.932. The number of unbranched alkanes of at least 4 members (excludes halogenated alkanes) is 2. The molecular weight excluding hydrogens is 407 g/mol. The van der Waals surface area contributed by atoms with Crippen LogP contribution in [0.25, 0.3) is 6.08 Å². The largest absolute Gasteiger partial charge is 0.478 e. The van der Waals surface area contributed by atoms with Crippen LogP contribution in [0.4, 0.5) is 22.0 Å². The lowest BCUT2D eigenvalue weighted by molar-refractivity contribution is -0.185. The molecule has 0 fully saturated rings. The Morgan fingerprint density at radius 2 is 1.53 bits per heavy atom. The molecule has 3 nitrogen and oxygen atoms in total. The first kappa shape index (κ1) is 23.4. The summed E-state index contributed by atoms with van der Waals surface area (Å²) >= 11 is 0. The Balaban J connectivity index is 1.89. The van der Waals surface area contributed by atoms with Crippen molar-refractivity contribution in [1.82, 2.24) is 0 Å². The summed E-state index contributed by atoms with van der Waals surface area (Å²) in [7, 11) is 0. The van der Waals surface area contributed by atoms with E-state index in [1.807, 2.05) is 0 Å². The molecule has 0 saturated heterocycles. The van der Waals surface area contributed by atoms with Crippen LogP contribution in [-0.2, 0) is 17.3 Å². The molecule has 1 N–H and O–H groups in total. The number of aliphatic carboxylic acids is 1. The van der Waals surface area contributed by atoms with Gasteiger partial charge < -0.3 is 9.84 Å². The molecule has 8 heteroatoms. The van der Waals surface area contributed by atoms with E-state index in [0.717, 1.165) is 11.6 Å². The summed E-state index contributed by atoms with van der Waals surface area (Å²) in [6.07, 6.45) is -4.76. The Morgan fingerprint density at radius 1 is 0.900 bits per heavy atom. The number of carboxylic acids is 1. The average molecular weight is 428 g/mol. The van der Waals surface area contributed by atoms with Crippen LogP contribution in [0.15, 0.2) is 54.6 Å². The maximum atomic E-state index is 14.4. The summed E-state index contributed by atoms with van der Waals surface area (Å²) in [5, 5.41) is 8.58. The van der Waals surface area contributed by atoms with Crippen LogP contribution in [-0.4, -0.2) is 17.3 Å². The summed E-state index contributed by atoms with van der Waals surface area (Å²) in [6, 6.07) is 11.0. The number of rotatable bonds is 10. The molecule has 2 aromatic rings. The zero-order valence-electron chi connectivity index (χ0n) is 16.0. The summed E-state index contributed by atoms with van der Waals surface area (Å²) in [4.78, 5) is 10.5. The van der Waals surface area contributed by atoms with E-state index in [-0.39, 0.29) is 17.7 Å². The minimum absolute atomic E-state index is 0.0540. The number of aryl methyl sites for hydroxylation is 1. The van der Waals surface area contributed by atoms with Gasteiger partial charge in [0, 0.05) is 12.5 Å². The number of benzene rings is 2. The van der Waals surface area contributed by atoms with Crippen molar-refractivity contribution >= 4 is 12.0 Å². The quantitative estimate of drug-likeness (QED) is 0.264. The highest BCUT2D eigenvalue weighted by atomic mass is 19.4. The highest BCUT2D eigenvalue weighted by Crippen LogP contribution is 2.32. The van der Waals surface area contributed by atoms with Crippen LogP contribution in [0, 0.1) is 0 Å². The van der Waals surface area contributed by atoms with Gasteiger partial charge in [0.1, 0.15) is 5.75 Å². The topological polar surface area (TPSA) is 46.5 Å². The number of carbonyl (C=O) groups is 1. The fraction of sp³-hybridized carbons (Fsp3) is 0.318. The molecule has 0 radical (unpaired) electrons.